The topological polar surface area (TPSA) is 101 Å². The van der Waals surface area contributed by atoms with Gasteiger partial charge in [0.15, 0.2) is 6.10 Å². The normalized spacial score (nSPS) is 17.9. The van der Waals surface area contributed by atoms with Gasteiger partial charge in [-0.15, -0.1) is 11.3 Å². The summed E-state index contributed by atoms with van der Waals surface area (Å²) >= 11 is 1.48. The van der Waals surface area contributed by atoms with Crippen LogP contribution >= 0.6 is 11.3 Å². The van der Waals surface area contributed by atoms with E-state index in [-0.39, 0.29) is 29.4 Å². The summed E-state index contributed by atoms with van der Waals surface area (Å²) in [6, 6.07) is 9.89. The van der Waals surface area contributed by atoms with Crippen LogP contribution in [0.15, 0.2) is 53.0 Å². The number of hydrogen-bond donors (Lipinski definition) is 1. The summed E-state index contributed by atoms with van der Waals surface area (Å²) in [5, 5.41) is 6.97. The lowest BCUT2D eigenvalue weighted by molar-refractivity contribution is -0.131. The van der Waals surface area contributed by atoms with Gasteiger partial charge in [-0.2, -0.15) is 0 Å². The van der Waals surface area contributed by atoms with Gasteiger partial charge in [0.2, 0.25) is 15.9 Å². The van der Waals surface area contributed by atoms with Crippen molar-refractivity contribution in [1.29, 1.82) is 0 Å². The number of alkyl halides is 4. The lowest BCUT2D eigenvalue weighted by Gasteiger charge is -2.31. The number of likely N-dealkylation sites (tertiary alicyclic amines) is 1. The second kappa shape index (κ2) is 12.4. The first-order valence-electron chi connectivity index (χ1n) is 13.2. The Balaban J connectivity index is 1.19. The molecule has 224 valence electrons. The van der Waals surface area contributed by atoms with E-state index in [1.165, 1.54) is 11.3 Å². The Bertz CT molecular complexity index is 1590. The minimum absolute atomic E-state index is 0.0768. The van der Waals surface area contributed by atoms with E-state index in [0.717, 1.165) is 29.5 Å². The molecule has 0 bridgehead atoms. The number of benzene rings is 2. The summed E-state index contributed by atoms with van der Waals surface area (Å²) in [5.41, 5.74) is 1.53. The summed E-state index contributed by atoms with van der Waals surface area (Å²) in [6.07, 6.45) is -3.80. The van der Waals surface area contributed by atoms with Crippen LogP contribution in [-0.4, -0.2) is 49.3 Å². The molecule has 3 aromatic rings. The number of nitrogens with one attached hydrogen (secondary N) is 1. The average Bonchev–Trinajstić information content (AvgIpc) is 3.63. The first kappa shape index (κ1) is 30.0. The standard InChI is InChI=1S/C28H28F4N4O4S2/c1-42(38,39)35-21-5-3-2-4-20(21)24-14-22(34-40-24)23-15-41-28(33-23)16-8-10-36(11-9-16)25(37)13-18-12-17(26(29)30)6-7-19(18)27(31)32/h2-7,12,15-16,24,26-27,35H,8-11,13-14H2,1H3. The fourth-order valence-corrected chi connectivity index (χ4v) is 6.74. The maximum Gasteiger partial charge on any atom is 0.264 e. The number of carbonyl (C=O) groups is 1. The zero-order chi connectivity index (χ0) is 30.0. The van der Waals surface area contributed by atoms with Crippen LogP contribution < -0.4 is 4.72 Å². The molecule has 0 saturated carbocycles. The third-order valence-corrected chi connectivity index (χ3v) is 8.88. The second-order valence-electron chi connectivity index (χ2n) is 10.3. The van der Waals surface area contributed by atoms with Gasteiger partial charge in [0.1, 0.15) is 5.71 Å². The van der Waals surface area contributed by atoms with Crippen LogP contribution in [0.3, 0.4) is 0 Å². The van der Waals surface area contributed by atoms with Crippen LogP contribution in [-0.2, 0) is 26.1 Å². The van der Waals surface area contributed by atoms with Gasteiger partial charge in [-0.1, -0.05) is 35.5 Å². The highest BCUT2D eigenvalue weighted by molar-refractivity contribution is 7.92. The number of oxime groups is 1. The number of thiazole rings is 1. The highest BCUT2D eigenvalue weighted by Crippen LogP contribution is 2.36. The van der Waals surface area contributed by atoms with Crippen molar-refractivity contribution in [2.24, 2.45) is 5.16 Å². The number of rotatable bonds is 9. The fourth-order valence-electron chi connectivity index (χ4n) is 5.15. The van der Waals surface area contributed by atoms with Gasteiger partial charge < -0.3 is 9.74 Å². The first-order valence-corrected chi connectivity index (χ1v) is 16.0. The van der Waals surface area contributed by atoms with Gasteiger partial charge in [-0.05, 0) is 30.5 Å². The Morgan fingerprint density at radius 3 is 2.55 bits per heavy atom. The molecule has 0 spiro atoms. The fraction of sp³-hybridized carbons (Fsp3) is 0.393. The lowest BCUT2D eigenvalue weighted by atomic mass is 9.96. The molecule has 5 rings (SSSR count). The van der Waals surface area contributed by atoms with E-state index in [4.69, 9.17) is 9.82 Å². The smallest absolute Gasteiger partial charge is 0.264 e. The Kier molecular flexibility index (Phi) is 8.83. The highest BCUT2D eigenvalue weighted by atomic mass is 32.2. The van der Waals surface area contributed by atoms with Gasteiger partial charge in [0.05, 0.1) is 29.1 Å². The Hall–Kier alpha value is -3.52. The number of sulfonamides is 1. The van der Waals surface area contributed by atoms with Crippen LogP contribution in [0.4, 0.5) is 23.2 Å². The molecule has 1 saturated heterocycles. The zero-order valence-corrected chi connectivity index (χ0v) is 24.1. The maximum absolute atomic E-state index is 13.4. The summed E-state index contributed by atoms with van der Waals surface area (Å²) < 4.78 is 79.1. The number of carbonyl (C=O) groups excluding carboxylic acids is 1. The van der Waals surface area contributed by atoms with Crippen LogP contribution in [0.1, 0.15) is 77.1 Å². The predicted octanol–water partition coefficient (Wildman–Crippen LogP) is 6.20. The van der Waals surface area contributed by atoms with Crippen LogP contribution in [0.25, 0.3) is 0 Å². The minimum Gasteiger partial charge on any atom is -0.387 e. The van der Waals surface area contributed by atoms with E-state index in [1.54, 1.807) is 29.2 Å². The molecule has 0 aliphatic carbocycles. The summed E-state index contributed by atoms with van der Waals surface area (Å²) in [7, 11) is -3.48. The van der Waals surface area contributed by atoms with Crippen molar-refractivity contribution in [2.75, 3.05) is 24.1 Å². The molecule has 0 radical (unpaired) electrons. The van der Waals surface area contributed by atoms with E-state index in [9.17, 15) is 30.8 Å². The predicted molar refractivity (Wildman–Crippen MR) is 151 cm³/mol. The molecule has 2 aliphatic heterocycles. The van der Waals surface area contributed by atoms with E-state index >= 15 is 0 Å². The van der Waals surface area contributed by atoms with E-state index in [1.807, 2.05) is 5.38 Å². The molecule has 14 heteroatoms. The van der Waals surface area contributed by atoms with Gasteiger partial charge in [0, 0.05) is 47.5 Å². The summed E-state index contributed by atoms with van der Waals surface area (Å²) in [4.78, 5) is 24.9. The molecule has 1 amide bonds. The largest absolute Gasteiger partial charge is 0.387 e. The lowest BCUT2D eigenvalue weighted by Crippen LogP contribution is -2.39. The number of halogens is 4. The third kappa shape index (κ3) is 6.92. The van der Waals surface area contributed by atoms with Crippen molar-refractivity contribution in [1.82, 2.24) is 9.88 Å². The molecular weight excluding hydrogens is 596 g/mol. The Labute approximate surface area is 244 Å². The number of nitrogens with zero attached hydrogens (tertiary/aromatic N) is 3. The number of piperidine rings is 1. The molecule has 2 aliphatic rings. The molecule has 1 unspecified atom stereocenters. The molecular formula is C28H28F4N4O4S2. The summed E-state index contributed by atoms with van der Waals surface area (Å²) in [5.74, 6) is -0.291. The zero-order valence-electron chi connectivity index (χ0n) is 22.5. The SMILES string of the molecule is CS(=O)(=O)Nc1ccccc1C1CC(c2csc(C3CCN(C(=O)Cc4cc(C(F)F)ccc4C(F)F)CC3)n2)=NO1. The van der Waals surface area contributed by atoms with Gasteiger partial charge >= 0.3 is 0 Å². The third-order valence-electron chi connectivity index (χ3n) is 7.28. The number of aromatic nitrogens is 1. The molecule has 42 heavy (non-hydrogen) atoms. The van der Waals surface area contributed by atoms with E-state index in [0.29, 0.717) is 55.0 Å². The van der Waals surface area contributed by atoms with Gasteiger partial charge in [-0.25, -0.2) is 31.0 Å². The van der Waals surface area contributed by atoms with E-state index < -0.39 is 34.5 Å². The first-order chi connectivity index (χ1) is 20.0. The maximum atomic E-state index is 13.4. The number of para-hydroxylation sites is 1. The number of amides is 1. The van der Waals surface area contributed by atoms with Crippen LogP contribution in [0.5, 0.6) is 0 Å². The van der Waals surface area contributed by atoms with Crippen molar-refractivity contribution in [2.45, 2.75) is 50.6 Å². The molecule has 1 atom stereocenters. The average molecular weight is 625 g/mol. The Morgan fingerprint density at radius 2 is 1.86 bits per heavy atom. The van der Waals surface area contributed by atoms with Crippen molar-refractivity contribution in [3.63, 3.8) is 0 Å². The van der Waals surface area contributed by atoms with Crippen molar-refractivity contribution < 1.29 is 35.6 Å². The monoisotopic (exact) mass is 624 g/mol. The van der Waals surface area contributed by atoms with Gasteiger partial charge in [0.25, 0.3) is 12.9 Å². The Morgan fingerprint density at radius 1 is 1.12 bits per heavy atom. The quantitative estimate of drug-likeness (QED) is 0.286. The van der Waals surface area contributed by atoms with E-state index in [2.05, 4.69) is 9.88 Å². The molecule has 2 aromatic carbocycles. The number of anilines is 1. The van der Waals surface area contributed by atoms with Crippen molar-refractivity contribution in [3.05, 3.63) is 80.8 Å². The molecule has 1 aromatic heterocycles. The van der Waals surface area contributed by atoms with Crippen molar-refractivity contribution >= 4 is 38.7 Å². The highest BCUT2D eigenvalue weighted by Gasteiger charge is 2.30. The molecule has 3 heterocycles. The molecule has 1 fully saturated rings. The minimum atomic E-state index is -3.48. The molecule has 8 nitrogen and oxygen atoms in total. The summed E-state index contributed by atoms with van der Waals surface area (Å²) in [6.45, 7) is 0.792. The van der Waals surface area contributed by atoms with Gasteiger partial charge in [-0.3, -0.25) is 9.52 Å². The molecule has 1 N–H and O–H groups in total. The van der Waals surface area contributed by atoms with Crippen LogP contribution in [0, 0.1) is 0 Å². The second-order valence-corrected chi connectivity index (χ2v) is 12.9. The van der Waals surface area contributed by atoms with Crippen LogP contribution in [0.2, 0.25) is 0 Å². The number of hydrogen-bond acceptors (Lipinski definition) is 7. The van der Waals surface area contributed by atoms with Crippen molar-refractivity contribution in [3.8, 4) is 0 Å².